The summed E-state index contributed by atoms with van der Waals surface area (Å²) in [5.41, 5.74) is 1.14. The molecule has 1 N–H and O–H groups in total. The predicted molar refractivity (Wildman–Crippen MR) is 78.4 cm³/mol. The molecule has 1 heterocycles. The Bertz CT molecular complexity index is 497. The Morgan fingerprint density at radius 2 is 2.15 bits per heavy atom. The number of rotatable bonds is 3. The van der Waals surface area contributed by atoms with Gasteiger partial charge in [-0.1, -0.05) is 39.8 Å². The van der Waals surface area contributed by atoms with Crippen molar-refractivity contribution < 1.29 is 9.32 Å². The molecule has 0 aromatic carbocycles. The fourth-order valence-electron chi connectivity index (χ4n) is 2.87. The number of aromatic nitrogens is 1. The van der Waals surface area contributed by atoms with Gasteiger partial charge in [0.25, 0.3) is 0 Å². The summed E-state index contributed by atoms with van der Waals surface area (Å²) in [5.74, 6) is 1.53. The number of hydrogen-bond donors (Lipinski definition) is 1. The van der Waals surface area contributed by atoms with Gasteiger partial charge in [-0.05, 0) is 24.2 Å². The first-order chi connectivity index (χ1) is 9.10. The highest BCUT2D eigenvalue weighted by Gasteiger charge is 2.48. The number of amides is 1. The Labute approximate surface area is 121 Å². The highest BCUT2D eigenvalue weighted by molar-refractivity contribution is 5.73. The van der Waals surface area contributed by atoms with Crippen LogP contribution >= 0.6 is 0 Å². The van der Waals surface area contributed by atoms with Gasteiger partial charge in [0.05, 0.1) is 5.69 Å². The average molecular weight is 278 g/mol. The van der Waals surface area contributed by atoms with E-state index in [-0.39, 0.29) is 22.8 Å². The van der Waals surface area contributed by atoms with E-state index >= 15 is 0 Å². The first kappa shape index (κ1) is 15.1. The quantitative estimate of drug-likeness (QED) is 0.924. The summed E-state index contributed by atoms with van der Waals surface area (Å²) in [6, 6.07) is 2.35. The second kappa shape index (κ2) is 4.90. The molecule has 1 aliphatic rings. The number of hydrogen-bond acceptors (Lipinski definition) is 3. The van der Waals surface area contributed by atoms with Crippen LogP contribution in [0, 0.1) is 11.3 Å². The second-order valence-corrected chi connectivity index (χ2v) is 7.64. The molecular formula is C16H26N2O2. The minimum absolute atomic E-state index is 0.000891. The van der Waals surface area contributed by atoms with Crippen molar-refractivity contribution in [1.82, 2.24) is 10.5 Å². The van der Waals surface area contributed by atoms with Crippen molar-refractivity contribution in [3.05, 3.63) is 17.5 Å². The van der Waals surface area contributed by atoms with Crippen molar-refractivity contribution in [2.45, 2.75) is 65.8 Å². The van der Waals surface area contributed by atoms with E-state index < -0.39 is 0 Å². The molecule has 0 aliphatic heterocycles. The van der Waals surface area contributed by atoms with Gasteiger partial charge in [-0.3, -0.25) is 4.79 Å². The van der Waals surface area contributed by atoms with Crippen molar-refractivity contribution in [2.24, 2.45) is 11.3 Å². The number of nitrogens with zero attached hydrogens (tertiary/aromatic N) is 1. The molecule has 112 valence electrons. The molecular weight excluding hydrogens is 252 g/mol. The average Bonchev–Trinajstić information content (AvgIpc) is 2.75. The maximum absolute atomic E-state index is 11.2. The molecule has 0 bridgehead atoms. The van der Waals surface area contributed by atoms with Crippen molar-refractivity contribution >= 4 is 5.91 Å². The third-order valence-corrected chi connectivity index (χ3v) is 4.60. The van der Waals surface area contributed by atoms with Crippen LogP contribution < -0.4 is 5.32 Å². The number of nitrogens with one attached hydrogen (secondary N) is 1. The smallest absolute Gasteiger partial charge is 0.217 e. The topological polar surface area (TPSA) is 55.1 Å². The third kappa shape index (κ3) is 2.89. The lowest BCUT2D eigenvalue weighted by atomic mass is 9.57. The van der Waals surface area contributed by atoms with Gasteiger partial charge in [-0.15, -0.1) is 0 Å². The lowest BCUT2D eigenvalue weighted by Gasteiger charge is -2.52. The third-order valence-electron chi connectivity index (χ3n) is 4.60. The van der Waals surface area contributed by atoms with Crippen LogP contribution in [0.2, 0.25) is 0 Å². The van der Waals surface area contributed by atoms with Crippen LogP contribution in [0.4, 0.5) is 0 Å². The lowest BCUT2D eigenvalue weighted by Crippen LogP contribution is -2.58. The predicted octanol–water partition coefficient (Wildman–Crippen LogP) is 3.07. The van der Waals surface area contributed by atoms with Crippen molar-refractivity contribution in [3.63, 3.8) is 0 Å². The molecule has 2 atom stereocenters. The summed E-state index contributed by atoms with van der Waals surface area (Å²) >= 11 is 0. The largest absolute Gasteiger partial charge is 0.361 e. The van der Waals surface area contributed by atoms with Gasteiger partial charge in [0.2, 0.25) is 5.91 Å². The van der Waals surface area contributed by atoms with Crippen LogP contribution in [-0.4, -0.2) is 17.1 Å². The normalized spacial score (nSPS) is 25.1. The SMILES string of the molecule is CC(=O)N[C@H]1C[C@@H](Cc2cc(C(C)(C)C)on2)C1(C)C. The highest BCUT2D eigenvalue weighted by atomic mass is 16.5. The van der Waals surface area contributed by atoms with Gasteiger partial charge in [0.1, 0.15) is 5.76 Å². The molecule has 1 aromatic heterocycles. The van der Waals surface area contributed by atoms with E-state index in [2.05, 4.69) is 51.2 Å². The monoisotopic (exact) mass is 278 g/mol. The first-order valence-electron chi connectivity index (χ1n) is 7.34. The molecule has 1 amide bonds. The Morgan fingerprint density at radius 1 is 1.50 bits per heavy atom. The standard InChI is InChI=1S/C16H26N2O2/c1-10(19)17-13-8-11(16(13,5)6)7-12-9-14(20-18-12)15(2,3)4/h9,11,13H,7-8H2,1-6H3,(H,17,19)/t11-,13+/m1/s1. The van der Waals surface area contributed by atoms with E-state index in [1.807, 2.05) is 0 Å². The molecule has 1 aromatic rings. The maximum Gasteiger partial charge on any atom is 0.217 e. The van der Waals surface area contributed by atoms with Crippen molar-refractivity contribution in [3.8, 4) is 0 Å². The van der Waals surface area contributed by atoms with E-state index in [4.69, 9.17) is 4.52 Å². The first-order valence-corrected chi connectivity index (χ1v) is 7.34. The molecule has 0 unspecified atom stereocenters. The molecule has 1 aliphatic carbocycles. The molecule has 4 heteroatoms. The van der Waals surface area contributed by atoms with E-state index in [9.17, 15) is 4.79 Å². The molecule has 0 radical (unpaired) electrons. The zero-order valence-corrected chi connectivity index (χ0v) is 13.4. The van der Waals surface area contributed by atoms with Crippen LogP contribution in [0.1, 0.15) is 59.4 Å². The van der Waals surface area contributed by atoms with E-state index in [1.165, 1.54) is 0 Å². The summed E-state index contributed by atoms with van der Waals surface area (Å²) in [6.45, 7) is 12.4. The molecule has 0 saturated heterocycles. The van der Waals surface area contributed by atoms with Crippen LogP contribution in [0.5, 0.6) is 0 Å². The van der Waals surface area contributed by atoms with Crippen LogP contribution in [0.15, 0.2) is 10.6 Å². The summed E-state index contributed by atoms with van der Waals surface area (Å²) in [4.78, 5) is 11.2. The van der Waals surface area contributed by atoms with Gasteiger partial charge in [0, 0.05) is 24.4 Å². The van der Waals surface area contributed by atoms with Gasteiger partial charge in [-0.2, -0.15) is 0 Å². The Balaban J connectivity index is 1.99. The number of carbonyl (C=O) groups excluding carboxylic acids is 1. The van der Waals surface area contributed by atoms with E-state index in [0.717, 1.165) is 24.3 Å². The molecule has 0 spiro atoms. The number of carbonyl (C=O) groups is 1. The molecule has 1 saturated carbocycles. The van der Waals surface area contributed by atoms with E-state index in [0.29, 0.717) is 5.92 Å². The highest BCUT2D eigenvalue weighted by Crippen LogP contribution is 2.47. The Kier molecular flexibility index (Phi) is 3.69. The minimum atomic E-state index is -0.000891. The van der Waals surface area contributed by atoms with Gasteiger partial charge in [0.15, 0.2) is 0 Å². The van der Waals surface area contributed by atoms with Crippen LogP contribution in [0.3, 0.4) is 0 Å². The molecule has 2 rings (SSSR count). The summed E-state index contributed by atoms with van der Waals surface area (Å²) in [5, 5.41) is 7.23. The zero-order valence-electron chi connectivity index (χ0n) is 13.4. The minimum Gasteiger partial charge on any atom is -0.361 e. The van der Waals surface area contributed by atoms with Crippen molar-refractivity contribution in [1.29, 1.82) is 0 Å². The fourth-order valence-corrected chi connectivity index (χ4v) is 2.87. The Morgan fingerprint density at radius 3 is 2.60 bits per heavy atom. The summed E-state index contributed by atoms with van der Waals surface area (Å²) in [6.07, 6.45) is 1.94. The summed E-state index contributed by atoms with van der Waals surface area (Å²) < 4.78 is 5.44. The van der Waals surface area contributed by atoms with E-state index in [1.54, 1.807) is 6.92 Å². The van der Waals surface area contributed by atoms with Gasteiger partial charge < -0.3 is 9.84 Å². The fraction of sp³-hybridized carbons (Fsp3) is 0.750. The molecule has 20 heavy (non-hydrogen) atoms. The summed E-state index contributed by atoms with van der Waals surface area (Å²) in [7, 11) is 0. The van der Waals surface area contributed by atoms with Crippen LogP contribution in [0.25, 0.3) is 0 Å². The lowest BCUT2D eigenvalue weighted by molar-refractivity contribution is -0.123. The zero-order chi connectivity index (χ0) is 15.1. The Hall–Kier alpha value is -1.32. The van der Waals surface area contributed by atoms with Crippen molar-refractivity contribution in [2.75, 3.05) is 0 Å². The van der Waals surface area contributed by atoms with Crippen LogP contribution in [-0.2, 0) is 16.6 Å². The van der Waals surface area contributed by atoms with Gasteiger partial charge in [-0.25, -0.2) is 0 Å². The maximum atomic E-state index is 11.2. The second-order valence-electron chi connectivity index (χ2n) is 7.64. The molecule has 1 fully saturated rings. The molecule has 4 nitrogen and oxygen atoms in total. The van der Waals surface area contributed by atoms with Gasteiger partial charge >= 0.3 is 0 Å².